The van der Waals surface area contributed by atoms with Gasteiger partial charge < -0.3 is 4.98 Å². The summed E-state index contributed by atoms with van der Waals surface area (Å²) >= 11 is 1.61. The summed E-state index contributed by atoms with van der Waals surface area (Å²) in [5, 5.41) is 2.25. The molecule has 1 aromatic heterocycles. The number of rotatable bonds is 4. The van der Waals surface area contributed by atoms with Gasteiger partial charge in [0.25, 0.3) is 0 Å². The zero-order chi connectivity index (χ0) is 13.9. The number of para-hydroxylation sites is 1. The quantitative estimate of drug-likeness (QED) is 0.689. The number of aromatic amines is 1. The Bertz CT molecular complexity index is 727. The molecule has 0 fully saturated rings. The number of carbonyl (C=O) groups excluding carboxylic acids is 1. The van der Waals surface area contributed by atoms with Crippen molar-refractivity contribution in [3.8, 4) is 0 Å². The fourth-order valence-electron chi connectivity index (χ4n) is 2.20. The lowest BCUT2D eigenvalue weighted by molar-refractivity contribution is 0.0985. The molecule has 100 valence electrons. The molecule has 2 aromatic carbocycles. The third kappa shape index (κ3) is 2.49. The Hall–Kier alpha value is -2.00. The van der Waals surface area contributed by atoms with Crippen LogP contribution in [0.4, 0.5) is 0 Å². The lowest BCUT2D eigenvalue weighted by Gasteiger charge is -2.05. The number of hydrogen-bond acceptors (Lipinski definition) is 2. The number of aromatic nitrogens is 1. The van der Waals surface area contributed by atoms with E-state index < -0.39 is 0 Å². The number of benzene rings is 2. The summed E-state index contributed by atoms with van der Waals surface area (Å²) < 4.78 is 0. The first-order valence-corrected chi connectivity index (χ1v) is 7.47. The minimum absolute atomic E-state index is 0.184. The highest BCUT2D eigenvalue weighted by atomic mass is 32.2. The van der Waals surface area contributed by atoms with Crippen molar-refractivity contribution in [1.82, 2.24) is 4.98 Å². The minimum atomic E-state index is 0.184. The Kier molecular flexibility index (Phi) is 3.61. The number of ketones is 1. The summed E-state index contributed by atoms with van der Waals surface area (Å²) in [4.78, 5) is 16.4. The molecule has 3 rings (SSSR count). The Morgan fingerprint density at radius 1 is 1.10 bits per heavy atom. The van der Waals surface area contributed by atoms with Gasteiger partial charge in [-0.25, -0.2) is 0 Å². The molecule has 0 saturated carbocycles. The van der Waals surface area contributed by atoms with Crippen molar-refractivity contribution in [2.75, 3.05) is 0 Å². The molecule has 0 atom stereocenters. The zero-order valence-electron chi connectivity index (χ0n) is 11.2. The molecule has 2 nitrogen and oxygen atoms in total. The number of fused-ring (bicyclic) bond motifs is 1. The maximum Gasteiger partial charge on any atom is 0.163 e. The molecular weight excluding hydrogens is 266 g/mol. The number of Topliss-reactive ketones (excluding diaryl/α,β-unsaturated/α-hetero) is 1. The van der Waals surface area contributed by atoms with Crippen LogP contribution in [0.1, 0.15) is 23.7 Å². The van der Waals surface area contributed by atoms with E-state index in [0.29, 0.717) is 6.42 Å². The molecule has 0 aliphatic carbocycles. The van der Waals surface area contributed by atoms with Crippen molar-refractivity contribution in [2.45, 2.75) is 23.3 Å². The van der Waals surface area contributed by atoms with Crippen LogP contribution in [0, 0.1) is 0 Å². The standard InChI is InChI=1S/C17H15NOS/c1-2-15(19)13-8-4-6-10-16(13)20-17-11-12-7-3-5-9-14(12)18-17/h3-11,18H,2H2,1H3. The van der Waals surface area contributed by atoms with Crippen LogP contribution in [0.2, 0.25) is 0 Å². The predicted molar refractivity (Wildman–Crippen MR) is 83.5 cm³/mol. The van der Waals surface area contributed by atoms with E-state index in [-0.39, 0.29) is 5.78 Å². The SMILES string of the molecule is CCC(=O)c1ccccc1Sc1cc2ccccc2[nH]1. The summed E-state index contributed by atoms with van der Waals surface area (Å²) in [6, 6.07) is 18.1. The van der Waals surface area contributed by atoms with Crippen molar-refractivity contribution < 1.29 is 4.79 Å². The molecule has 0 saturated heterocycles. The second kappa shape index (κ2) is 5.55. The number of nitrogens with one attached hydrogen (secondary N) is 1. The Morgan fingerprint density at radius 3 is 2.65 bits per heavy atom. The van der Waals surface area contributed by atoms with Gasteiger partial charge >= 0.3 is 0 Å². The molecule has 0 amide bonds. The molecule has 0 radical (unpaired) electrons. The smallest absolute Gasteiger partial charge is 0.163 e. The van der Waals surface area contributed by atoms with Crippen LogP contribution in [0.3, 0.4) is 0 Å². The summed E-state index contributed by atoms with van der Waals surface area (Å²) in [7, 11) is 0. The normalized spacial score (nSPS) is 10.8. The third-order valence-electron chi connectivity index (χ3n) is 3.23. The molecule has 20 heavy (non-hydrogen) atoms. The van der Waals surface area contributed by atoms with Crippen LogP contribution in [-0.2, 0) is 0 Å². The van der Waals surface area contributed by atoms with Gasteiger partial charge in [-0.1, -0.05) is 55.1 Å². The molecular formula is C17H15NOS. The number of hydrogen-bond donors (Lipinski definition) is 1. The van der Waals surface area contributed by atoms with Crippen LogP contribution in [0.25, 0.3) is 10.9 Å². The Labute approximate surface area is 122 Å². The largest absolute Gasteiger partial charge is 0.349 e. The minimum Gasteiger partial charge on any atom is -0.349 e. The van der Waals surface area contributed by atoms with Crippen molar-refractivity contribution in [3.63, 3.8) is 0 Å². The average Bonchev–Trinajstić information content (AvgIpc) is 2.89. The highest BCUT2D eigenvalue weighted by Crippen LogP contribution is 2.32. The van der Waals surface area contributed by atoms with Crippen LogP contribution < -0.4 is 0 Å². The molecule has 0 aliphatic heterocycles. The molecule has 0 spiro atoms. The summed E-state index contributed by atoms with van der Waals surface area (Å²) in [5.41, 5.74) is 1.92. The van der Waals surface area contributed by atoms with Crippen LogP contribution in [0.5, 0.6) is 0 Å². The van der Waals surface area contributed by atoms with E-state index in [1.54, 1.807) is 11.8 Å². The van der Waals surface area contributed by atoms with E-state index in [1.165, 1.54) is 5.39 Å². The number of H-pyrrole nitrogens is 1. The van der Waals surface area contributed by atoms with Gasteiger partial charge in [0.1, 0.15) is 0 Å². The molecule has 0 aliphatic rings. The monoisotopic (exact) mass is 281 g/mol. The first-order valence-electron chi connectivity index (χ1n) is 6.66. The van der Waals surface area contributed by atoms with Crippen molar-refractivity contribution in [2.24, 2.45) is 0 Å². The fraction of sp³-hybridized carbons (Fsp3) is 0.118. The lowest BCUT2D eigenvalue weighted by Crippen LogP contribution is -1.98. The highest BCUT2D eigenvalue weighted by molar-refractivity contribution is 7.99. The van der Waals surface area contributed by atoms with Gasteiger partial charge in [-0.15, -0.1) is 0 Å². The van der Waals surface area contributed by atoms with Crippen molar-refractivity contribution >= 4 is 28.4 Å². The Morgan fingerprint density at radius 2 is 1.85 bits per heavy atom. The van der Waals surface area contributed by atoms with E-state index in [9.17, 15) is 4.79 Å². The molecule has 1 N–H and O–H groups in total. The second-order valence-electron chi connectivity index (χ2n) is 4.60. The average molecular weight is 281 g/mol. The first-order chi connectivity index (χ1) is 9.78. The predicted octanol–water partition coefficient (Wildman–Crippen LogP) is 4.91. The van der Waals surface area contributed by atoms with Gasteiger partial charge in [0.2, 0.25) is 0 Å². The second-order valence-corrected chi connectivity index (χ2v) is 5.68. The highest BCUT2D eigenvalue weighted by Gasteiger charge is 2.11. The molecule has 1 heterocycles. The molecule has 0 bridgehead atoms. The summed E-state index contributed by atoms with van der Waals surface area (Å²) in [5.74, 6) is 0.184. The van der Waals surface area contributed by atoms with Gasteiger partial charge in [-0.05, 0) is 18.2 Å². The van der Waals surface area contributed by atoms with Crippen LogP contribution in [0.15, 0.2) is 64.5 Å². The first kappa shape index (κ1) is 13.0. The van der Waals surface area contributed by atoms with Gasteiger partial charge in [0.15, 0.2) is 5.78 Å². The third-order valence-corrected chi connectivity index (χ3v) is 4.25. The maximum atomic E-state index is 12.0. The molecule has 0 unspecified atom stereocenters. The van der Waals surface area contributed by atoms with Gasteiger partial charge in [0, 0.05) is 27.8 Å². The lowest BCUT2D eigenvalue weighted by atomic mass is 10.1. The zero-order valence-corrected chi connectivity index (χ0v) is 12.0. The van der Waals surface area contributed by atoms with E-state index >= 15 is 0 Å². The van der Waals surface area contributed by atoms with E-state index in [4.69, 9.17) is 0 Å². The van der Waals surface area contributed by atoms with Gasteiger partial charge in [-0.3, -0.25) is 4.79 Å². The van der Waals surface area contributed by atoms with Crippen molar-refractivity contribution in [1.29, 1.82) is 0 Å². The van der Waals surface area contributed by atoms with E-state index in [2.05, 4.69) is 23.2 Å². The van der Waals surface area contributed by atoms with Gasteiger partial charge in [-0.2, -0.15) is 0 Å². The van der Waals surface area contributed by atoms with Crippen LogP contribution >= 0.6 is 11.8 Å². The van der Waals surface area contributed by atoms with Crippen molar-refractivity contribution in [3.05, 3.63) is 60.2 Å². The summed E-state index contributed by atoms with van der Waals surface area (Å²) in [6.45, 7) is 1.90. The van der Waals surface area contributed by atoms with E-state index in [0.717, 1.165) is 21.0 Å². The van der Waals surface area contributed by atoms with E-state index in [1.807, 2.05) is 43.3 Å². The van der Waals surface area contributed by atoms with Gasteiger partial charge in [0.05, 0.1) is 5.03 Å². The molecule has 3 heteroatoms. The number of carbonyl (C=O) groups is 1. The molecule has 3 aromatic rings. The maximum absolute atomic E-state index is 12.0. The van der Waals surface area contributed by atoms with Crippen LogP contribution in [-0.4, -0.2) is 10.8 Å². The Balaban J connectivity index is 1.96. The fourth-order valence-corrected chi connectivity index (χ4v) is 3.22. The summed E-state index contributed by atoms with van der Waals surface area (Å²) in [6.07, 6.45) is 0.532. The topological polar surface area (TPSA) is 32.9 Å².